The summed E-state index contributed by atoms with van der Waals surface area (Å²) in [6.45, 7) is 0. The highest BCUT2D eigenvalue weighted by Crippen LogP contribution is 2.21. The number of carbonyl (C=O) groups is 2. The zero-order valence-corrected chi connectivity index (χ0v) is 14.3. The zero-order valence-electron chi connectivity index (χ0n) is 13.5. The minimum atomic E-state index is -1.05. The molecule has 2 aromatic rings. The number of amides is 2. The van der Waals surface area contributed by atoms with Crippen LogP contribution in [-0.4, -0.2) is 44.9 Å². The highest BCUT2D eigenvalue weighted by atomic mass is 32.2. The van der Waals surface area contributed by atoms with E-state index in [1.165, 1.54) is 11.8 Å². The molecule has 1 heterocycles. The number of thioether (sulfide) groups is 1. The SMILES string of the molecule is CSCCC(NC(=O)Nc1cc(-c2ccccc2)n(C)n1)C(=O)O. The largest absolute Gasteiger partial charge is 0.480 e. The highest BCUT2D eigenvalue weighted by molar-refractivity contribution is 7.98. The Bertz CT molecular complexity index is 703. The molecule has 0 aliphatic heterocycles. The first-order valence-corrected chi connectivity index (χ1v) is 8.79. The predicted molar refractivity (Wildman–Crippen MR) is 95.2 cm³/mol. The van der Waals surface area contributed by atoms with E-state index in [0.717, 1.165) is 11.3 Å². The van der Waals surface area contributed by atoms with E-state index in [-0.39, 0.29) is 0 Å². The lowest BCUT2D eigenvalue weighted by Gasteiger charge is -2.13. The molecule has 0 aliphatic carbocycles. The van der Waals surface area contributed by atoms with Gasteiger partial charge in [-0.05, 0) is 24.0 Å². The molecule has 24 heavy (non-hydrogen) atoms. The van der Waals surface area contributed by atoms with Gasteiger partial charge in [0.15, 0.2) is 5.82 Å². The Labute approximate surface area is 144 Å². The molecule has 2 rings (SSSR count). The number of carbonyl (C=O) groups excluding carboxylic acids is 1. The van der Waals surface area contributed by atoms with Crippen LogP contribution < -0.4 is 10.6 Å². The number of hydrogen-bond acceptors (Lipinski definition) is 4. The van der Waals surface area contributed by atoms with Gasteiger partial charge >= 0.3 is 12.0 Å². The second-order valence-corrected chi connectivity index (χ2v) is 6.16. The Morgan fingerprint density at radius 1 is 1.33 bits per heavy atom. The van der Waals surface area contributed by atoms with Gasteiger partial charge in [-0.3, -0.25) is 10.00 Å². The Morgan fingerprint density at radius 2 is 2.04 bits per heavy atom. The van der Waals surface area contributed by atoms with Crippen molar-refractivity contribution in [1.29, 1.82) is 0 Å². The maximum Gasteiger partial charge on any atom is 0.326 e. The smallest absolute Gasteiger partial charge is 0.326 e. The number of carboxylic acid groups (broad SMARTS) is 1. The molecule has 0 aliphatic rings. The Balaban J connectivity index is 2.03. The van der Waals surface area contributed by atoms with E-state index in [2.05, 4.69) is 15.7 Å². The van der Waals surface area contributed by atoms with Crippen molar-refractivity contribution in [2.24, 2.45) is 7.05 Å². The van der Waals surface area contributed by atoms with E-state index in [9.17, 15) is 9.59 Å². The number of aromatic nitrogens is 2. The van der Waals surface area contributed by atoms with Gasteiger partial charge in [-0.1, -0.05) is 30.3 Å². The van der Waals surface area contributed by atoms with Crippen LogP contribution in [-0.2, 0) is 11.8 Å². The van der Waals surface area contributed by atoms with E-state index in [4.69, 9.17) is 5.11 Å². The van der Waals surface area contributed by atoms with Crippen molar-refractivity contribution >= 4 is 29.6 Å². The summed E-state index contributed by atoms with van der Waals surface area (Å²) in [5.41, 5.74) is 1.83. The van der Waals surface area contributed by atoms with Crippen LogP contribution in [0.25, 0.3) is 11.3 Å². The number of aliphatic carboxylic acids is 1. The first-order valence-electron chi connectivity index (χ1n) is 7.40. The first kappa shape index (κ1) is 17.9. The van der Waals surface area contributed by atoms with Crippen LogP contribution >= 0.6 is 11.8 Å². The number of rotatable bonds is 7. The molecule has 0 spiro atoms. The summed E-state index contributed by atoms with van der Waals surface area (Å²) in [5.74, 6) is -0.0352. The van der Waals surface area contributed by atoms with E-state index >= 15 is 0 Å². The Morgan fingerprint density at radius 3 is 2.67 bits per heavy atom. The lowest BCUT2D eigenvalue weighted by atomic mass is 10.1. The van der Waals surface area contributed by atoms with Crippen LogP contribution in [0.1, 0.15) is 6.42 Å². The number of hydrogen-bond donors (Lipinski definition) is 3. The second kappa shape index (κ2) is 8.39. The average Bonchev–Trinajstić information content (AvgIpc) is 2.92. The third kappa shape index (κ3) is 4.76. The molecule has 3 N–H and O–H groups in total. The summed E-state index contributed by atoms with van der Waals surface area (Å²) >= 11 is 1.53. The molecule has 2 amide bonds. The zero-order chi connectivity index (χ0) is 17.5. The van der Waals surface area contributed by atoms with Gasteiger partial charge < -0.3 is 10.4 Å². The molecule has 0 saturated heterocycles. The van der Waals surface area contributed by atoms with E-state index in [1.807, 2.05) is 36.6 Å². The second-order valence-electron chi connectivity index (χ2n) is 5.18. The number of nitrogens with one attached hydrogen (secondary N) is 2. The van der Waals surface area contributed by atoms with Crippen LogP contribution in [0.5, 0.6) is 0 Å². The van der Waals surface area contributed by atoms with Crippen LogP contribution in [0.15, 0.2) is 36.4 Å². The standard InChI is InChI=1S/C16H20N4O3S/c1-20-13(11-6-4-3-5-7-11)10-14(19-20)18-16(23)17-12(15(21)22)8-9-24-2/h3-7,10,12H,8-9H2,1-2H3,(H,21,22)(H2,17,18,19,23). The van der Waals surface area contributed by atoms with Crippen LogP contribution in [0.2, 0.25) is 0 Å². The number of nitrogens with zero attached hydrogens (tertiary/aromatic N) is 2. The van der Waals surface area contributed by atoms with Crippen molar-refractivity contribution in [2.75, 3.05) is 17.3 Å². The summed E-state index contributed by atoms with van der Waals surface area (Å²) < 4.78 is 1.66. The van der Waals surface area contributed by atoms with Gasteiger partial charge in [-0.25, -0.2) is 9.59 Å². The summed E-state index contributed by atoms with van der Waals surface area (Å²) in [4.78, 5) is 23.2. The number of aryl methyl sites for hydroxylation is 1. The number of anilines is 1. The number of urea groups is 1. The van der Waals surface area contributed by atoms with Crippen molar-refractivity contribution in [3.8, 4) is 11.3 Å². The van der Waals surface area contributed by atoms with Crippen molar-refractivity contribution in [3.05, 3.63) is 36.4 Å². The van der Waals surface area contributed by atoms with Gasteiger partial charge in [0.25, 0.3) is 0 Å². The monoisotopic (exact) mass is 348 g/mol. The fraction of sp³-hybridized carbons (Fsp3) is 0.312. The molecule has 1 unspecified atom stereocenters. The molecule has 1 atom stereocenters. The molecule has 8 heteroatoms. The van der Waals surface area contributed by atoms with Crippen molar-refractivity contribution in [1.82, 2.24) is 15.1 Å². The van der Waals surface area contributed by atoms with Gasteiger partial charge in [0.1, 0.15) is 6.04 Å². The van der Waals surface area contributed by atoms with E-state index in [0.29, 0.717) is 18.0 Å². The first-order chi connectivity index (χ1) is 11.5. The molecule has 0 bridgehead atoms. The normalized spacial score (nSPS) is 11.8. The lowest BCUT2D eigenvalue weighted by Crippen LogP contribution is -2.43. The van der Waals surface area contributed by atoms with Crippen LogP contribution in [0.3, 0.4) is 0 Å². The Hall–Kier alpha value is -2.48. The number of benzene rings is 1. The van der Waals surface area contributed by atoms with Crippen LogP contribution in [0.4, 0.5) is 10.6 Å². The minimum Gasteiger partial charge on any atom is -0.480 e. The highest BCUT2D eigenvalue weighted by Gasteiger charge is 2.20. The molecule has 0 fully saturated rings. The fourth-order valence-electron chi connectivity index (χ4n) is 2.21. The van der Waals surface area contributed by atoms with Gasteiger partial charge in [-0.15, -0.1) is 0 Å². The topological polar surface area (TPSA) is 96.3 Å². The minimum absolute atomic E-state index is 0.363. The van der Waals surface area contributed by atoms with Crippen molar-refractivity contribution < 1.29 is 14.7 Å². The molecule has 7 nitrogen and oxygen atoms in total. The lowest BCUT2D eigenvalue weighted by molar-refractivity contribution is -0.139. The summed E-state index contributed by atoms with van der Waals surface area (Å²) in [6, 6.07) is 9.90. The Kier molecular flexibility index (Phi) is 6.25. The third-order valence-electron chi connectivity index (χ3n) is 3.41. The van der Waals surface area contributed by atoms with Gasteiger partial charge in [0, 0.05) is 13.1 Å². The molecular formula is C16H20N4O3S. The van der Waals surface area contributed by atoms with E-state index in [1.54, 1.807) is 17.8 Å². The summed E-state index contributed by atoms with van der Waals surface area (Å²) in [7, 11) is 1.78. The fourth-order valence-corrected chi connectivity index (χ4v) is 2.68. The van der Waals surface area contributed by atoms with Gasteiger partial charge in [-0.2, -0.15) is 16.9 Å². The van der Waals surface area contributed by atoms with Gasteiger partial charge in [0.05, 0.1) is 5.69 Å². The third-order valence-corrected chi connectivity index (χ3v) is 4.05. The van der Waals surface area contributed by atoms with Crippen LogP contribution in [0, 0.1) is 0 Å². The molecule has 0 radical (unpaired) electrons. The molecule has 128 valence electrons. The maximum absolute atomic E-state index is 12.0. The van der Waals surface area contributed by atoms with Crippen molar-refractivity contribution in [2.45, 2.75) is 12.5 Å². The quantitative estimate of drug-likeness (QED) is 0.714. The van der Waals surface area contributed by atoms with E-state index < -0.39 is 18.0 Å². The molecule has 1 aromatic carbocycles. The summed E-state index contributed by atoms with van der Waals surface area (Å²) in [5, 5.41) is 18.4. The molecule has 1 aromatic heterocycles. The molecule has 0 saturated carbocycles. The van der Waals surface area contributed by atoms with Gasteiger partial charge in [0.2, 0.25) is 0 Å². The predicted octanol–water partition coefficient (Wildman–Crippen LogP) is 2.41. The average molecular weight is 348 g/mol. The van der Waals surface area contributed by atoms with Crippen molar-refractivity contribution in [3.63, 3.8) is 0 Å². The number of carboxylic acids is 1. The maximum atomic E-state index is 12.0. The summed E-state index contributed by atoms with van der Waals surface area (Å²) in [6.07, 6.45) is 2.25. The molecular weight excluding hydrogens is 328 g/mol.